The third-order valence-electron chi connectivity index (χ3n) is 6.78. The molecule has 3 heterocycles. The van der Waals surface area contributed by atoms with Crippen molar-refractivity contribution in [3.8, 4) is 11.5 Å². The number of hydrogen-bond acceptors (Lipinski definition) is 7. The monoisotopic (exact) mass is 481 g/mol. The van der Waals surface area contributed by atoms with Crippen molar-refractivity contribution in [2.75, 3.05) is 53.0 Å². The predicted molar refractivity (Wildman–Crippen MR) is 128 cm³/mol. The third-order valence-corrected chi connectivity index (χ3v) is 6.78. The van der Waals surface area contributed by atoms with E-state index in [9.17, 15) is 14.7 Å². The van der Waals surface area contributed by atoms with Crippen LogP contribution in [0.2, 0.25) is 0 Å². The molecule has 0 radical (unpaired) electrons. The molecule has 0 aliphatic carbocycles. The molecule has 3 aliphatic rings. The number of likely N-dealkylation sites (tertiary alicyclic amines) is 1. The Morgan fingerprint density at radius 2 is 1.94 bits per heavy atom. The van der Waals surface area contributed by atoms with Crippen LogP contribution in [0.3, 0.4) is 0 Å². The Balaban J connectivity index is 1.16. The van der Waals surface area contributed by atoms with Gasteiger partial charge >= 0.3 is 6.09 Å². The van der Waals surface area contributed by atoms with Crippen LogP contribution < -0.4 is 9.47 Å². The van der Waals surface area contributed by atoms with E-state index in [1.54, 1.807) is 28.0 Å². The average molecular weight is 482 g/mol. The summed E-state index contributed by atoms with van der Waals surface area (Å²) < 4.78 is 16.5. The van der Waals surface area contributed by atoms with Crippen molar-refractivity contribution in [3.63, 3.8) is 0 Å². The first kappa shape index (κ1) is 23.4. The summed E-state index contributed by atoms with van der Waals surface area (Å²) in [5.74, 6) is 0.902. The van der Waals surface area contributed by atoms with Crippen molar-refractivity contribution in [1.82, 2.24) is 14.7 Å². The third kappa shape index (κ3) is 5.21. The highest BCUT2D eigenvalue weighted by Gasteiger charge is 2.33. The second-order valence-electron chi connectivity index (χ2n) is 9.28. The molecule has 1 atom stereocenters. The molecule has 2 aromatic rings. The minimum atomic E-state index is -0.648. The van der Waals surface area contributed by atoms with Crippen molar-refractivity contribution in [1.29, 1.82) is 0 Å². The van der Waals surface area contributed by atoms with Crippen molar-refractivity contribution >= 4 is 12.0 Å². The second kappa shape index (κ2) is 10.1. The van der Waals surface area contributed by atoms with E-state index in [2.05, 4.69) is 23.1 Å². The molecule has 1 fully saturated rings. The van der Waals surface area contributed by atoms with Crippen LogP contribution in [0, 0.1) is 0 Å². The number of rotatable bonds is 6. The fraction of sp³-hybridized carbons (Fsp3) is 0.462. The lowest BCUT2D eigenvalue weighted by Crippen LogP contribution is -2.56. The molecule has 0 aromatic heterocycles. The van der Waals surface area contributed by atoms with Crippen molar-refractivity contribution in [2.24, 2.45) is 0 Å². The Kier molecular flexibility index (Phi) is 6.79. The first-order valence-electron chi connectivity index (χ1n) is 12.0. The van der Waals surface area contributed by atoms with E-state index >= 15 is 0 Å². The number of β-amino-alcohol motifs (C(OH)–C–C–N with tert-alkyl or cyclic N) is 1. The molecule has 35 heavy (non-hydrogen) atoms. The zero-order chi connectivity index (χ0) is 24.4. The number of ether oxygens (including phenoxy) is 3. The zero-order valence-corrected chi connectivity index (χ0v) is 19.9. The molecule has 0 saturated carbocycles. The summed E-state index contributed by atoms with van der Waals surface area (Å²) in [4.78, 5) is 30.2. The molecule has 186 valence electrons. The molecule has 9 heteroatoms. The van der Waals surface area contributed by atoms with Gasteiger partial charge in [0, 0.05) is 32.2 Å². The quantitative estimate of drug-likeness (QED) is 0.672. The second-order valence-corrected chi connectivity index (χ2v) is 9.28. The summed E-state index contributed by atoms with van der Waals surface area (Å²) in [6.45, 7) is 4.14. The number of amides is 2. The maximum Gasteiger partial charge on any atom is 0.409 e. The molecule has 9 nitrogen and oxygen atoms in total. The van der Waals surface area contributed by atoms with Crippen molar-refractivity contribution in [3.05, 3.63) is 59.2 Å². The summed E-state index contributed by atoms with van der Waals surface area (Å²) >= 11 is 0. The van der Waals surface area contributed by atoms with E-state index < -0.39 is 6.10 Å². The molecule has 5 rings (SSSR count). The molecule has 2 amide bonds. The predicted octanol–water partition coefficient (Wildman–Crippen LogP) is 1.77. The van der Waals surface area contributed by atoms with Crippen LogP contribution in [-0.4, -0.2) is 97.0 Å². The van der Waals surface area contributed by atoms with Crippen molar-refractivity contribution < 1.29 is 28.9 Å². The molecule has 0 unspecified atom stereocenters. The molecule has 3 aliphatic heterocycles. The van der Waals surface area contributed by atoms with Gasteiger partial charge in [-0.1, -0.05) is 24.3 Å². The zero-order valence-electron chi connectivity index (χ0n) is 19.9. The molecule has 0 bridgehead atoms. The van der Waals surface area contributed by atoms with Gasteiger partial charge in [-0.25, -0.2) is 4.79 Å². The summed E-state index contributed by atoms with van der Waals surface area (Å²) in [6.07, 6.45) is -0.168. The van der Waals surface area contributed by atoms with E-state index in [1.807, 2.05) is 6.07 Å². The first-order chi connectivity index (χ1) is 17.0. The number of fused-ring (bicyclic) bond motifs is 2. The molecule has 2 aromatic carbocycles. The Morgan fingerprint density at radius 3 is 2.74 bits per heavy atom. The lowest BCUT2D eigenvalue weighted by molar-refractivity contribution is 0.0182. The van der Waals surface area contributed by atoms with E-state index in [4.69, 9.17) is 14.2 Å². The Labute approximate surface area is 204 Å². The number of carbonyl (C=O) groups excluding carboxylic acids is 2. The molecule has 1 saturated heterocycles. The normalized spacial score (nSPS) is 19.1. The van der Waals surface area contributed by atoms with Gasteiger partial charge in [-0.15, -0.1) is 0 Å². The molecular weight excluding hydrogens is 450 g/mol. The van der Waals surface area contributed by atoms with E-state index in [1.165, 1.54) is 18.2 Å². The smallest absolute Gasteiger partial charge is 0.409 e. The number of methoxy groups -OCH3 is 1. The standard InChI is InChI=1S/C26H31N3O6/c1-33-26(32)29-16-22(17-29)35-21-6-7-23-24(12-21)34-11-10-28(25(23)31)15-20(30)14-27-9-8-18-4-2-3-5-19(18)13-27/h2-7,12,20,22,30H,8-11,13-17H2,1H3/t20-/m1/s1. The van der Waals surface area contributed by atoms with Crippen LogP contribution in [0.1, 0.15) is 21.5 Å². The largest absolute Gasteiger partial charge is 0.491 e. The van der Waals surface area contributed by atoms with E-state index in [0.29, 0.717) is 49.8 Å². The van der Waals surface area contributed by atoms with Gasteiger partial charge in [0.15, 0.2) is 0 Å². The number of aliphatic hydroxyl groups is 1. The lowest BCUT2D eigenvalue weighted by Gasteiger charge is -2.37. The topological polar surface area (TPSA) is 91.8 Å². The average Bonchev–Trinajstić information content (AvgIpc) is 2.99. The van der Waals surface area contributed by atoms with Crippen LogP contribution in [0.4, 0.5) is 4.79 Å². The Hall–Kier alpha value is -3.30. The van der Waals surface area contributed by atoms with Gasteiger partial charge in [-0.05, 0) is 29.7 Å². The fourth-order valence-corrected chi connectivity index (χ4v) is 4.89. The van der Waals surface area contributed by atoms with Crippen molar-refractivity contribution in [2.45, 2.75) is 25.2 Å². The Morgan fingerprint density at radius 1 is 1.14 bits per heavy atom. The SMILES string of the molecule is COC(=O)N1CC(Oc2ccc3c(c2)OCCN(C[C@H](O)CN2CCc4ccccc4C2)C3=O)C1. The highest BCUT2D eigenvalue weighted by Crippen LogP contribution is 2.30. The molecule has 0 spiro atoms. The molecule has 1 N–H and O–H groups in total. The van der Waals surface area contributed by atoms with Crippen LogP contribution in [0.15, 0.2) is 42.5 Å². The van der Waals surface area contributed by atoms with Crippen LogP contribution in [-0.2, 0) is 17.7 Å². The highest BCUT2D eigenvalue weighted by molar-refractivity contribution is 5.97. The highest BCUT2D eigenvalue weighted by atomic mass is 16.5. The number of hydrogen-bond donors (Lipinski definition) is 1. The minimum Gasteiger partial charge on any atom is -0.491 e. The summed E-state index contributed by atoms with van der Waals surface area (Å²) in [5, 5.41) is 10.8. The number of benzene rings is 2. The molecular formula is C26H31N3O6. The lowest BCUT2D eigenvalue weighted by atomic mass is 10.00. The first-order valence-corrected chi connectivity index (χ1v) is 12.0. The summed E-state index contributed by atoms with van der Waals surface area (Å²) in [5.41, 5.74) is 3.13. The van der Waals surface area contributed by atoms with Crippen LogP contribution >= 0.6 is 0 Å². The van der Waals surface area contributed by atoms with Gasteiger partial charge in [0.1, 0.15) is 24.2 Å². The summed E-state index contributed by atoms with van der Waals surface area (Å²) in [7, 11) is 1.35. The number of aliphatic hydroxyl groups excluding tert-OH is 1. The minimum absolute atomic E-state index is 0.123. The van der Waals surface area contributed by atoms with Gasteiger partial charge in [0.05, 0.1) is 38.4 Å². The Bertz CT molecular complexity index is 1090. The van der Waals surface area contributed by atoms with Gasteiger partial charge in [0.25, 0.3) is 5.91 Å². The maximum atomic E-state index is 13.2. The fourth-order valence-electron chi connectivity index (χ4n) is 4.89. The van der Waals surface area contributed by atoms with E-state index in [0.717, 1.165) is 19.5 Å². The van der Waals surface area contributed by atoms with Gasteiger partial charge in [0.2, 0.25) is 0 Å². The van der Waals surface area contributed by atoms with Gasteiger partial charge < -0.3 is 29.1 Å². The maximum absolute atomic E-state index is 13.2. The van der Waals surface area contributed by atoms with E-state index in [-0.39, 0.29) is 24.6 Å². The van der Waals surface area contributed by atoms with Crippen LogP contribution in [0.5, 0.6) is 11.5 Å². The number of nitrogens with zero attached hydrogens (tertiary/aromatic N) is 3. The van der Waals surface area contributed by atoms with Crippen LogP contribution in [0.25, 0.3) is 0 Å². The van der Waals surface area contributed by atoms with Gasteiger partial charge in [-0.3, -0.25) is 9.69 Å². The summed E-state index contributed by atoms with van der Waals surface area (Å²) in [6, 6.07) is 13.6. The number of carbonyl (C=O) groups is 2. The van der Waals surface area contributed by atoms with Gasteiger partial charge in [-0.2, -0.15) is 0 Å².